The summed E-state index contributed by atoms with van der Waals surface area (Å²) in [5.41, 5.74) is 1.01. The Bertz CT molecular complexity index is 814. The van der Waals surface area contributed by atoms with Crippen molar-refractivity contribution in [3.05, 3.63) is 34.0 Å². The number of hydrogen-bond donors (Lipinski definition) is 1. The Morgan fingerprint density at radius 2 is 2.21 bits per heavy atom. The van der Waals surface area contributed by atoms with E-state index in [1.165, 1.54) is 0 Å². The van der Waals surface area contributed by atoms with Gasteiger partial charge in [-0.1, -0.05) is 0 Å². The van der Waals surface area contributed by atoms with Crippen molar-refractivity contribution in [3.8, 4) is 6.07 Å². The van der Waals surface area contributed by atoms with Gasteiger partial charge in [-0.3, -0.25) is 9.48 Å². The second-order valence-corrected chi connectivity index (χ2v) is 6.34. The molecule has 0 saturated heterocycles. The molecular formula is C16H18N4O3S. The molecule has 24 heavy (non-hydrogen) atoms. The molecule has 2 aromatic rings. The molecule has 0 saturated carbocycles. The normalized spacial score (nSPS) is 10.5. The molecule has 0 aliphatic rings. The number of nitrogens with one attached hydrogen (secondary N) is 1. The molecule has 2 aromatic heterocycles. The van der Waals surface area contributed by atoms with Gasteiger partial charge < -0.3 is 10.1 Å². The summed E-state index contributed by atoms with van der Waals surface area (Å²) in [6, 6.07) is 3.77. The summed E-state index contributed by atoms with van der Waals surface area (Å²) in [5, 5.41) is 16.5. The van der Waals surface area contributed by atoms with Crippen LogP contribution in [-0.2, 0) is 4.74 Å². The summed E-state index contributed by atoms with van der Waals surface area (Å²) < 4.78 is 6.65. The third kappa shape index (κ3) is 3.46. The monoisotopic (exact) mass is 346 g/mol. The lowest BCUT2D eigenvalue weighted by Gasteiger charge is -2.04. The zero-order valence-corrected chi connectivity index (χ0v) is 14.7. The zero-order valence-electron chi connectivity index (χ0n) is 13.9. The maximum absolute atomic E-state index is 12.3. The van der Waals surface area contributed by atoms with Crippen LogP contribution in [0.1, 0.15) is 58.1 Å². The van der Waals surface area contributed by atoms with Crippen LogP contribution < -0.4 is 5.32 Å². The molecule has 0 aliphatic heterocycles. The highest BCUT2D eigenvalue weighted by Gasteiger charge is 2.23. The Labute approximate surface area is 143 Å². The quantitative estimate of drug-likeness (QED) is 0.839. The van der Waals surface area contributed by atoms with Crippen LogP contribution in [0.25, 0.3) is 0 Å². The van der Waals surface area contributed by atoms with Crippen molar-refractivity contribution < 1.29 is 14.3 Å². The van der Waals surface area contributed by atoms with Crippen LogP contribution >= 0.6 is 11.3 Å². The number of carbonyl (C=O) groups excluding carboxylic acids is 2. The summed E-state index contributed by atoms with van der Waals surface area (Å²) in [5.74, 6) is -0.927. The Morgan fingerprint density at radius 3 is 2.75 bits per heavy atom. The largest absolute Gasteiger partial charge is 0.462 e. The number of aromatic nitrogens is 2. The molecule has 0 unspecified atom stereocenters. The summed E-state index contributed by atoms with van der Waals surface area (Å²) in [6.45, 7) is 7.52. The minimum absolute atomic E-state index is 0.139. The first kappa shape index (κ1) is 17.7. The van der Waals surface area contributed by atoms with Crippen molar-refractivity contribution in [1.29, 1.82) is 5.26 Å². The third-order valence-corrected chi connectivity index (χ3v) is 4.50. The van der Waals surface area contributed by atoms with Crippen molar-refractivity contribution in [3.63, 3.8) is 0 Å². The maximum atomic E-state index is 12.3. The van der Waals surface area contributed by atoms with Gasteiger partial charge in [0.25, 0.3) is 5.91 Å². The second kappa shape index (κ2) is 7.27. The maximum Gasteiger partial charge on any atom is 0.348 e. The Balaban J connectivity index is 2.28. The van der Waals surface area contributed by atoms with E-state index in [0.717, 1.165) is 11.3 Å². The van der Waals surface area contributed by atoms with Gasteiger partial charge in [0.1, 0.15) is 15.9 Å². The van der Waals surface area contributed by atoms with Gasteiger partial charge >= 0.3 is 5.97 Å². The average Bonchev–Trinajstić information content (AvgIpc) is 3.13. The molecule has 0 bridgehead atoms. The van der Waals surface area contributed by atoms with Gasteiger partial charge in [0.2, 0.25) is 0 Å². The summed E-state index contributed by atoms with van der Waals surface area (Å²) in [4.78, 5) is 24.6. The van der Waals surface area contributed by atoms with E-state index in [1.807, 2.05) is 19.9 Å². The van der Waals surface area contributed by atoms with Gasteiger partial charge in [-0.25, -0.2) is 4.79 Å². The molecule has 0 spiro atoms. The molecule has 2 heterocycles. The van der Waals surface area contributed by atoms with Crippen LogP contribution in [0.2, 0.25) is 0 Å². The van der Waals surface area contributed by atoms with Crippen LogP contribution in [0.15, 0.2) is 12.3 Å². The van der Waals surface area contributed by atoms with E-state index in [2.05, 4.69) is 10.4 Å². The van der Waals surface area contributed by atoms with E-state index in [9.17, 15) is 14.9 Å². The summed E-state index contributed by atoms with van der Waals surface area (Å²) >= 11 is 1.03. The van der Waals surface area contributed by atoms with Gasteiger partial charge in [0.15, 0.2) is 5.69 Å². The molecule has 0 aromatic carbocycles. The first-order chi connectivity index (χ1) is 11.4. The number of rotatable bonds is 5. The van der Waals surface area contributed by atoms with Crippen LogP contribution in [0.3, 0.4) is 0 Å². The molecule has 0 aliphatic carbocycles. The molecule has 0 radical (unpaired) electrons. The predicted octanol–water partition coefficient (Wildman–Crippen LogP) is 3.13. The highest BCUT2D eigenvalue weighted by atomic mass is 32.1. The van der Waals surface area contributed by atoms with Gasteiger partial charge in [0.05, 0.1) is 12.2 Å². The lowest BCUT2D eigenvalue weighted by atomic mass is 10.2. The minimum Gasteiger partial charge on any atom is -0.462 e. The number of carbonyl (C=O) groups is 2. The van der Waals surface area contributed by atoms with E-state index in [4.69, 9.17) is 4.74 Å². The molecule has 8 heteroatoms. The smallest absolute Gasteiger partial charge is 0.348 e. The molecule has 0 atom stereocenters. The van der Waals surface area contributed by atoms with Crippen molar-refractivity contribution >= 4 is 28.2 Å². The van der Waals surface area contributed by atoms with Gasteiger partial charge in [-0.05, 0) is 39.3 Å². The van der Waals surface area contributed by atoms with Crippen LogP contribution in [0, 0.1) is 18.3 Å². The minimum atomic E-state index is -0.499. The van der Waals surface area contributed by atoms with Gasteiger partial charge in [0, 0.05) is 12.2 Å². The van der Waals surface area contributed by atoms with Crippen LogP contribution in [0.5, 0.6) is 0 Å². The number of nitriles is 1. The van der Waals surface area contributed by atoms with Crippen molar-refractivity contribution in [2.75, 3.05) is 11.9 Å². The lowest BCUT2D eigenvalue weighted by Crippen LogP contribution is -2.13. The van der Waals surface area contributed by atoms with E-state index in [-0.39, 0.29) is 23.9 Å². The van der Waals surface area contributed by atoms with E-state index in [1.54, 1.807) is 30.8 Å². The lowest BCUT2D eigenvalue weighted by molar-refractivity contribution is 0.0531. The number of amides is 1. The fraction of sp³-hybridized carbons (Fsp3) is 0.375. The topological polar surface area (TPSA) is 97.0 Å². The highest BCUT2D eigenvalue weighted by molar-refractivity contribution is 7.18. The average molecular weight is 346 g/mol. The SMILES string of the molecule is CCOC(=O)c1sc(NC(=O)c2ccn(C(C)C)n2)c(C#N)c1C. The van der Waals surface area contributed by atoms with Crippen molar-refractivity contribution in [1.82, 2.24) is 9.78 Å². The molecular weight excluding hydrogens is 328 g/mol. The molecule has 2 rings (SSSR count). The Morgan fingerprint density at radius 1 is 1.50 bits per heavy atom. The first-order valence-electron chi connectivity index (χ1n) is 7.46. The molecule has 126 valence electrons. The highest BCUT2D eigenvalue weighted by Crippen LogP contribution is 2.33. The Kier molecular flexibility index (Phi) is 5.36. The van der Waals surface area contributed by atoms with E-state index >= 15 is 0 Å². The standard InChI is InChI=1S/C16H18N4O3S/c1-5-23-16(22)13-10(4)11(8-17)15(24-13)18-14(21)12-6-7-20(19-12)9(2)3/h6-7,9H,5H2,1-4H3,(H,18,21). The second-order valence-electron chi connectivity index (χ2n) is 5.32. The van der Waals surface area contributed by atoms with E-state index < -0.39 is 11.9 Å². The fourth-order valence-corrected chi connectivity index (χ4v) is 3.09. The van der Waals surface area contributed by atoms with Gasteiger partial charge in [-0.2, -0.15) is 10.4 Å². The first-order valence-corrected chi connectivity index (χ1v) is 8.27. The molecule has 1 N–H and O–H groups in total. The van der Waals surface area contributed by atoms with Crippen molar-refractivity contribution in [2.45, 2.75) is 33.7 Å². The third-order valence-electron chi connectivity index (χ3n) is 3.32. The van der Waals surface area contributed by atoms with Crippen LogP contribution in [0.4, 0.5) is 5.00 Å². The Hall–Kier alpha value is -2.66. The molecule has 0 fully saturated rings. The fourth-order valence-electron chi connectivity index (χ4n) is 2.04. The number of hydrogen-bond acceptors (Lipinski definition) is 6. The number of ether oxygens (including phenoxy) is 1. The zero-order chi connectivity index (χ0) is 17.9. The number of esters is 1. The number of thiophene rings is 1. The summed E-state index contributed by atoms with van der Waals surface area (Å²) in [7, 11) is 0. The van der Waals surface area contributed by atoms with E-state index in [0.29, 0.717) is 15.4 Å². The molecule has 1 amide bonds. The summed E-state index contributed by atoms with van der Waals surface area (Å²) in [6.07, 6.45) is 1.72. The number of nitrogens with zero attached hydrogens (tertiary/aromatic N) is 3. The van der Waals surface area contributed by atoms with Gasteiger partial charge in [-0.15, -0.1) is 11.3 Å². The van der Waals surface area contributed by atoms with Crippen LogP contribution in [-0.4, -0.2) is 28.3 Å². The molecule has 7 nitrogen and oxygen atoms in total. The predicted molar refractivity (Wildman–Crippen MR) is 90.3 cm³/mol. The number of anilines is 1. The van der Waals surface area contributed by atoms with Crippen molar-refractivity contribution in [2.24, 2.45) is 0 Å².